The first kappa shape index (κ1) is 20.8. The molecule has 2 aromatic rings. The standard InChI is InChI=1S/C18H25N3O5S2/c1-12(2)20-10-17(19-11-20)28(22,23)21-6-7-27-18(21)13-8-15(25-4)16(26-5)9-14(13)24-3/h8-12,18H,6-7H2,1-5H3. The van der Waals surface area contributed by atoms with E-state index >= 15 is 0 Å². The molecule has 0 saturated carbocycles. The van der Waals surface area contributed by atoms with Gasteiger partial charge in [0.1, 0.15) is 5.75 Å². The smallest absolute Gasteiger partial charge is 0.263 e. The number of aromatic nitrogens is 2. The predicted octanol–water partition coefficient (Wildman–Crippen LogP) is 2.93. The molecule has 1 saturated heterocycles. The molecule has 2 heterocycles. The van der Waals surface area contributed by atoms with Crippen molar-refractivity contribution in [2.45, 2.75) is 30.3 Å². The van der Waals surface area contributed by atoms with Gasteiger partial charge in [0.15, 0.2) is 16.5 Å². The van der Waals surface area contributed by atoms with Crippen molar-refractivity contribution in [1.29, 1.82) is 0 Å². The van der Waals surface area contributed by atoms with Gasteiger partial charge >= 0.3 is 0 Å². The monoisotopic (exact) mass is 427 g/mol. The van der Waals surface area contributed by atoms with Crippen molar-refractivity contribution in [2.75, 3.05) is 33.6 Å². The van der Waals surface area contributed by atoms with E-state index in [0.29, 0.717) is 29.5 Å². The normalized spacial score (nSPS) is 17.9. The van der Waals surface area contributed by atoms with E-state index < -0.39 is 15.4 Å². The number of nitrogens with zero attached hydrogens (tertiary/aromatic N) is 3. The van der Waals surface area contributed by atoms with Gasteiger partial charge in [-0.15, -0.1) is 11.8 Å². The molecule has 28 heavy (non-hydrogen) atoms. The molecule has 1 atom stereocenters. The minimum atomic E-state index is -3.76. The Morgan fingerprint density at radius 2 is 1.75 bits per heavy atom. The Bertz CT molecular complexity index is 943. The zero-order valence-corrected chi connectivity index (χ0v) is 18.2. The second kappa shape index (κ2) is 8.22. The average Bonchev–Trinajstić information content (AvgIpc) is 3.36. The molecule has 1 aromatic carbocycles. The van der Waals surface area contributed by atoms with Gasteiger partial charge in [0, 0.05) is 36.2 Å². The Labute approximate surface area is 169 Å². The molecule has 1 aromatic heterocycles. The lowest BCUT2D eigenvalue weighted by Gasteiger charge is -2.25. The summed E-state index contributed by atoms with van der Waals surface area (Å²) in [6.45, 7) is 4.34. The van der Waals surface area contributed by atoms with Crippen molar-refractivity contribution in [2.24, 2.45) is 0 Å². The SMILES string of the molecule is COc1cc(OC)c(C2SCCN2S(=O)(=O)c2cn(C(C)C)cn2)cc1OC. The largest absolute Gasteiger partial charge is 0.496 e. The molecule has 0 spiro atoms. The molecule has 0 radical (unpaired) electrons. The molecule has 0 amide bonds. The van der Waals surface area contributed by atoms with Crippen LogP contribution in [0.15, 0.2) is 29.7 Å². The van der Waals surface area contributed by atoms with Crippen molar-refractivity contribution in [1.82, 2.24) is 13.9 Å². The second-order valence-electron chi connectivity index (χ2n) is 6.54. The van der Waals surface area contributed by atoms with Crippen LogP contribution in [0.2, 0.25) is 0 Å². The first-order chi connectivity index (χ1) is 13.3. The minimum Gasteiger partial charge on any atom is -0.496 e. The van der Waals surface area contributed by atoms with Crippen LogP contribution >= 0.6 is 11.8 Å². The van der Waals surface area contributed by atoms with Crippen LogP contribution in [-0.4, -0.2) is 55.9 Å². The second-order valence-corrected chi connectivity index (χ2v) is 9.57. The summed E-state index contributed by atoms with van der Waals surface area (Å²) in [6, 6.07) is 3.62. The van der Waals surface area contributed by atoms with E-state index in [4.69, 9.17) is 14.2 Å². The van der Waals surface area contributed by atoms with Gasteiger partial charge in [-0.2, -0.15) is 4.31 Å². The van der Waals surface area contributed by atoms with Crippen LogP contribution in [0.3, 0.4) is 0 Å². The number of benzene rings is 1. The van der Waals surface area contributed by atoms with E-state index in [1.54, 1.807) is 50.6 Å². The summed E-state index contributed by atoms with van der Waals surface area (Å²) in [5.41, 5.74) is 0.717. The summed E-state index contributed by atoms with van der Waals surface area (Å²) in [6.07, 6.45) is 3.12. The maximum Gasteiger partial charge on any atom is 0.263 e. The average molecular weight is 428 g/mol. The fourth-order valence-corrected chi connectivity index (χ4v) is 6.22. The van der Waals surface area contributed by atoms with E-state index in [2.05, 4.69) is 4.98 Å². The highest BCUT2D eigenvalue weighted by Gasteiger charge is 2.40. The first-order valence-corrected chi connectivity index (χ1v) is 11.3. The molecule has 0 bridgehead atoms. The predicted molar refractivity (Wildman–Crippen MR) is 108 cm³/mol. The molecule has 10 heteroatoms. The lowest BCUT2D eigenvalue weighted by atomic mass is 10.1. The van der Waals surface area contributed by atoms with E-state index in [1.807, 2.05) is 13.8 Å². The number of hydrogen-bond donors (Lipinski definition) is 0. The van der Waals surface area contributed by atoms with Gasteiger partial charge in [-0.3, -0.25) is 0 Å². The molecule has 8 nitrogen and oxygen atoms in total. The van der Waals surface area contributed by atoms with Crippen LogP contribution in [0, 0.1) is 0 Å². The third-order valence-corrected chi connectivity index (χ3v) is 7.72. The lowest BCUT2D eigenvalue weighted by molar-refractivity contribution is 0.344. The summed E-state index contributed by atoms with van der Waals surface area (Å²) in [4.78, 5) is 4.13. The molecule has 1 aliphatic rings. The Morgan fingerprint density at radius 3 is 2.32 bits per heavy atom. The molecule has 1 unspecified atom stereocenters. The van der Waals surface area contributed by atoms with Gasteiger partial charge in [-0.25, -0.2) is 13.4 Å². The molecular weight excluding hydrogens is 402 g/mol. The maximum absolute atomic E-state index is 13.3. The maximum atomic E-state index is 13.3. The highest BCUT2D eigenvalue weighted by atomic mass is 32.2. The van der Waals surface area contributed by atoms with Gasteiger partial charge in [-0.05, 0) is 19.9 Å². The Morgan fingerprint density at radius 1 is 1.11 bits per heavy atom. The van der Waals surface area contributed by atoms with E-state index in [9.17, 15) is 8.42 Å². The number of thioether (sulfide) groups is 1. The van der Waals surface area contributed by atoms with Crippen molar-refractivity contribution >= 4 is 21.8 Å². The summed E-state index contributed by atoms with van der Waals surface area (Å²) >= 11 is 1.54. The summed E-state index contributed by atoms with van der Waals surface area (Å²) in [5.74, 6) is 2.26. The first-order valence-electron chi connectivity index (χ1n) is 8.80. The van der Waals surface area contributed by atoms with Crippen LogP contribution in [0.4, 0.5) is 0 Å². The van der Waals surface area contributed by atoms with E-state index in [1.165, 1.54) is 16.1 Å². The van der Waals surface area contributed by atoms with E-state index in [-0.39, 0.29) is 11.1 Å². The van der Waals surface area contributed by atoms with Crippen molar-refractivity contribution in [3.8, 4) is 17.2 Å². The van der Waals surface area contributed by atoms with Gasteiger partial charge in [0.25, 0.3) is 10.0 Å². The Hall–Kier alpha value is -1.91. The highest BCUT2D eigenvalue weighted by molar-refractivity contribution is 8.01. The van der Waals surface area contributed by atoms with Crippen LogP contribution in [0.25, 0.3) is 0 Å². The van der Waals surface area contributed by atoms with Crippen LogP contribution < -0.4 is 14.2 Å². The van der Waals surface area contributed by atoms with Crippen molar-refractivity contribution < 1.29 is 22.6 Å². The van der Waals surface area contributed by atoms with Crippen molar-refractivity contribution in [3.63, 3.8) is 0 Å². The lowest BCUT2D eigenvalue weighted by Crippen LogP contribution is -2.31. The number of hydrogen-bond acceptors (Lipinski definition) is 7. The fraction of sp³-hybridized carbons (Fsp3) is 0.500. The van der Waals surface area contributed by atoms with Gasteiger partial charge < -0.3 is 18.8 Å². The summed E-state index contributed by atoms with van der Waals surface area (Å²) in [7, 11) is 0.882. The molecular formula is C18H25N3O5S2. The minimum absolute atomic E-state index is 0.0492. The number of imidazole rings is 1. The third kappa shape index (κ3) is 3.68. The zero-order chi connectivity index (χ0) is 20.5. The number of sulfonamides is 1. The van der Waals surface area contributed by atoms with Crippen LogP contribution in [0.5, 0.6) is 17.2 Å². The molecule has 154 valence electrons. The van der Waals surface area contributed by atoms with Crippen LogP contribution in [-0.2, 0) is 10.0 Å². The summed E-state index contributed by atoms with van der Waals surface area (Å²) < 4.78 is 46.0. The summed E-state index contributed by atoms with van der Waals surface area (Å²) in [5, 5.41) is -0.392. The van der Waals surface area contributed by atoms with Crippen molar-refractivity contribution in [3.05, 3.63) is 30.2 Å². The van der Waals surface area contributed by atoms with Gasteiger partial charge in [0.05, 0.1) is 33.0 Å². The zero-order valence-electron chi connectivity index (χ0n) is 16.6. The molecule has 0 N–H and O–H groups in total. The van der Waals surface area contributed by atoms with E-state index in [0.717, 1.165) is 5.56 Å². The Kier molecular flexibility index (Phi) is 6.11. The van der Waals surface area contributed by atoms with Crippen LogP contribution in [0.1, 0.15) is 30.8 Å². The molecule has 1 fully saturated rings. The number of ether oxygens (including phenoxy) is 3. The third-order valence-electron chi connectivity index (χ3n) is 4.60. The van der Waals surface area contributed by atoms with Gasteiger partial charge in [-0.1, -0.05) is 0 Å². The molecule has 0 aliphatic carbocycles. The molecule has 3 rings (SSSR count). The highest BCUT2D eigenvalue weighted by Crippen LogP contribution is 2.47. The fourth-order valence-electron chi connectivity index (χ4n) is 3.05. The number of methoxy groups -OCH3 is 3. The van der Waals surface area contributed by atoms with Gasteiger partial charge in [0.2, 0.25) is 0 Å². The molecule has 1 aliphatic heterocycles. The quantitative estimate of drug-likeness (QED) is 0.672. The number of rotatable bonds is 7. The Balaban J connectivity index is 2.03. The topological polar surface area (TPSA) is 82.9 Å².